The Labute approximate surface area is 117 Å². The van der Waals surface area contributed by atoms with Crippen molar-refractivity contribution in [3.63, 3.8) is 0 Å². The quantitative estimate of drug-likeness (QED) is 0.648. The molecule has 0 fully saturated rings. The van der Waals surface area contributed by atoms with E-state index in [0.29, 0.717) is 29.7 Å². The highest BCUT2D eigenvalue weighted by Crippen LogP contribution is 2.25. The van der Waals surface area contributed by atoms with E-state index >= 15 is 0 Å². The molecule has 6 heteroatoms. The molecular formula is C14H17N3O3. The highest BCUT2D eigenvalue weighted by Gasteiger charge is 2.35. The number of fused-ring (bicyclic) bond motifs is 1. The predicted octanol–water partition coefficient (Wildman–Crippen LogP) is 0.733. The molecule has 0 bridgehead atoms. The number of nitrogens with zero attached hydrogens (tertiary/aromatic N) is 2. The Morgan fingerprint density at radius 3 is 2.50 bits per heavy atom. The zero-order valence-electron chi connectivity index (χ0n) is 11.5. The maximum atomic E-state index is 12.1. The van der Waals surface area contributed by atoms with E-state index < -0.39 is 0 Å². The Morgan fingerprint density at radius 1 is 1.20 bits per heavy atom. The summed E-state index contributed by atoms with van der Waals surface area (Å²) in [5.74, 6) is -0.678. The van der Waals surface area contributed by atoms with Crippen molar-refractivity contribution >= 4 is 23.4 Å². The fourth-order valence-corrected chi connectivity index (χ4v) is 2.12. The van der Waals surface area contributed by atoms with Gasteiger partial charge in [-0.15, -0.1) is 0 Å². The lowest BCUT2D eigenvalue weighted by atomic mass is 10.1. The van der Waals surface area contributed by atoms with E-state index in [2.05, 4.69) is 0 Å². The van der Waals surface area contributed by atoms with Gasteiger partial charge >= 0.3 is 0 Å². The summed E-state index contributed by atoms with van der Waals surface area (Å²) in [6, 6.07) is 4.68. The van der Waals surface area contributed by atoms with Gasteiger partial charge in [-0.1, -0.05) is 0 Å². The van der Waals surface area contributed by atoms with Gasteiger partial charge in [-0.25, -0.2) is 0 Å². The average molecular weight is 275 g/mol. The van der Waals surface area contributed by atoms with Gasteiger partial charge in [-0.2, -0.15) is 0 Å². The molecule has 0 unspecified atom stereocenters. The Hall–Kier alpha value is -2.37. The van der Waals surface area contributed by atoms with Gasteiger partial charge in [0.2, 0.25) is 5.91 Å². The Morgan fingerprint density at radius 2 is 1.85 bits per heavy atom. The second kappa shape index (κ2) is 5.32. The number of carbonyl (C=O) groups is 3. The van der Waals surface area contributed by atoms with Crippen molar-refractivity contribution in [2.24, 2.45) is 0 Å². The SMILES string of the molecule is CN(C)C(=O)CCCN1C(=O)c2ccc(N)cc2C1=O. The number of nitrogen functional groups attached to an aromatic ring is 1. The highest BCUT2D eigenvalue weighted by atomic mass is 16.2. The van der Waals surface area contributed by atoms with Crippen LogP contribution in [0.25, 0.3) is 0 Å². The third-order valence-corrected chi connectivity index (χ3v) is 3.27. The van der Waals surface area contributed by atoms with Crippen LogP contribution in [0.4, 0.5) is 5.69 Å². The number of amides is 3. The van der Waals surface area contributed by atoms with E-state index in [0.717, 1.165) is 0 Å². The summed E-state index contributed by atoms with van der Waals surface area (Å²) < 4.78 is 0. The molecule has 2 rings (SSSR count). The maximum Gasteiger partial charge on any atom is 0.261 e. The van der Waals surface area contributed by atoms with Crippen molar-refractivity contribution in [1.29, 1.82) is 0 Å². The van der Waals surface area contributed by atoms with Gasteiger partial charge in [0.05, 0.1) is 11.1 Å². The minimum Gasteiger partial charge on any atom is -0.399 e. The average Bonchev–Trinajstić information content (AvgIpc) is 2.63. The first-order chi connectivity index (χ1) is 9.41. The van der Waals surface area contributed by atoms with Crippen molar-refractivity contribution in [2.75, 3.05) is 26.4 Å². The number of carbonyl (C=O) groups excluding carboxylic acids is 3. The largest absolute Gasteiger partial charge is 0.399 e. The summed E-state index contributed by atoms with van der Waals surface area (Å²) in [7, 11) is 3.35. The fourth-order valence-electron chi connectivity index (χ4n) is 2.12. The van der Waals surface area contributed by atoms with Crippen LogP contribution >= 0.6 is 0 Å². The first-order valence-electron chi connectivity index (χ1n) is 6.37. The van der Waals surface area contributed by atoms with E-state index in [9.17, 15) is 14.4 Å². The van der Waals surface area contributed by atoms with Crippen LogP contribution in [0.3, 0.4) is 0 Å². The van der Waals surface area contributed by atoms with Crippen LogP contribution in [0.15, 0.2) is 18.2 Å². The van der Waals surface area contributed by atoms with Crippen molar-refractivity contribution in [2.45, 2.75) is 12.8 Å². The number of hydrogen-bond donors (Lipinski definition) is 1. The summed E-state index contributed by atoms with van der Waals surface area (Å²) in [5.41, 5.74) is 6.80. The minimum absolute atomic E-state index is 0.0224. The first kappa shape index (κ1) is 14.0. The first-order valence-corrected chi connectivity index (χ1v) is 6.37. The standard InChI is InChI=1S/C14H17N3O3/c1-16(2)12(18)4-3-7-17-13(19)10-6-5-9(15)8-11(10)14(17)20/h5-6,8H,3-4,7,15H2,1-2H3. The molecule has 1 aromatic rings. The van der Waals surface area contributed by atoms with Gasteiger partial charge in [0, 0.05) is 32.7 Å². The maximum absolute atomic E-state index is 12.1. The second-order valence-corrected chi connectivity index (χ2v) is 4.96. The van der Waals surface area contributed by atoms with Crippen molar-refractivity contribution < 1.29 is 14.4 Å². The molecule has 1 aliphatic heterocycles. The molecule has 0 saturated heterocycles. The van der Waals surface area contributed by atoms with Crippen LogP contribution in [0.5, 0.6) is 0 Å². The molecule has 0 spiro atoms. The Bertz CT molecular complexity index is 581. The number of benzene rings is 1. The van der Waals surface area contributed by atoms with Gasteiger partial charge in [0.15, 0.2) is 0 Å². The van der Waals surface area contributed by atoms with Crippen molar-refractivity contribution in [1.82, 2.24) is 9.80 Å². The number of hydrogen-bond acceptors (Lipinski definition) is 4. The molecular weight excluding hydrogens is 258 g/mol. The molecule has 0 aromatic heterocycles. The molecule has 106 valence electrons. The summed E-state index contributed by atoms with van der Waals surface area (Å²) in [6.07, 6.45) is 0.764. The number of nitrogens with two attached hydrogens (primary N) is 1. The molecule has 0 atom stereocenters. The third-order valence-electron chi connectivity index (χ3n) is 3.27. The molecule has 0 aliphatic carbocycles. The van der Waals surface area contributed by atoms with E-state index in [4.69, 9.17) is 5.73 Å². The lowest BCUT2D eigenvalue weighted by Gasteiger charge is -2.14. The van der Waals surface area contributed by atoms with Crippen LogP contribution in [0, 0.1) is 0 Å². The summed E-state index contributed by atoms with van der Waals surface area (Å²) in [4.78, 5) is 38.3. The summed E-state index contributed by atoms with van der Waals surface area (Å²) in [6.45, 7) is 0.242. The number of rotatable bonds is 4. The third kappa shape index (κ3) is 2.49. The lowest BCUT2D eigenvalue weighted by molar-refractivity contribution is -0.128. The molecule has 1 heterocycles. The van der Waals surface area contributed by atoms with Gasteiger partial charge in [-0.3, -0.25) is 19.3 Å². The molecule has 0 saturated carbocycles. The normalized spacial score (nSPS) is 13.6. The zero-order chi connectivity index (χ0) is 14.9. The van der Waals surface area contributed by atoms with Crippen molar-refractivity contribution in [3.05, 3.63) is 29.3 Å². The van der Waals surface area contributed by atoms with Crippen LogP contribution in [-0.4, -0.2) is 48.2 Å². The molecule has 1 aliphatic rings. The molecule has 3 amide bonds. The van der Waals surface area contributed by atoms with Crippen molar-refractivity contribution in [3.8, 4) is 0 Å². The van der Waals surface area contributed by atoms with Crippen LogP contribution in [0.1, 0.15) is 33.6 Å². The highest BCUT2D eigenvalue weighted by molar-refractivity contribution is 6.21. The molecule has 1 aromatic carbocycles. The van der Waals surface area contributed by atoms with Crippen LogP contribution in [-0.2, 0) is 4.79 Å². The van der Waals surface area contributed by atoms with Crippen LogP contribution in [0.2, 0.25) is 0 Å². The predicted molar refractivity (Wildman–Crippen MR) is 74.1 cm³/mol. The van der Waals surface area contributed by atoms with E-state index in [-0.39, 0.29) is 24.3 Å². The van der Waals surface area contributed by atoms with E-state index in [1.54, 1.807) is 26.2 Å². The van der Waals surface area contributed by atoms with E-state index in [1.165, 1.54) is 15.9 Å². The summed E-state index contributed by atoms with van der Waals surface area (Å²) >= 11 is 0. The molecule has 6 nitrogen and oxygen atoms in total. The monoisotopic (exact) mass is 275 g/mol. The summed E-state index contributed by atoms with van der Waals surface area (Å²) in [5, 5.41) is 0. The molecule has 2 N–H and O–H groups in total. The Kier molecular flexibility index (Phi) is 3.74. The topological polar surface area (TPSA) is 83.7 Å². The number of imide groups is 1. The van der Waals surface area contributed by atoms with Crippen LogP contribution < -0.4 is 5.73 Å². The lowest BCUT2D eigenvalue weighted by Crippen LogP contribution is -2.31. The fraction of sp³-hybridized carbons (Fsp3) is 0.357. The van der Waals surface area contributed by atoms with Gasteiger partial charge in [0.25, 0.3) is 11.8 Å². The molecule has 20 heavy (non-hydrogen) atoms. The van der Waals surface area contributed by atoms with Gasteiger partial charge in [0.1, 0.15) is 0 Å². The molecule has 0 radical (unpaired) electrons. The minimum atomic E-state index is -0.338. The smallest absolute Gasteiger partial charge is 0.261 e. The number of anilines is 1. The Balaban J connectivity index is 2.04. The van der Waals surface area contributed by atoms with E-state index in [1.807, 2.05) is 0 Å². The van der Waals surface area contributed by atoms with Gasteiger partial charge in [-0.05, 0) is 24.6 Å². The zero-order valence-corrected chi connectivity index (χ0v) is 11.5. The van der Waals surface area contributed by atoms with Gasteiger partial charge < -0.3 is 10.6 Å². The second-order valence-electron chi connectivity index (χ2n) is 4.96.